The van der Waals surface area contributed by atoms with Crippen molar-refractivity contribution < 1.29 is 19.0 Å². The van der Waals surface area contributed by atoms with Crippen LogP contribution >= 0.6 is 0 Å². The first-order valence-electron chi connectivity index (χ1n) is 4.32. The Labute approximate surface area is 77.3 Å². The van der Waals surface area contributed by atoms with E-state index in [2.05, 4.69) is 5.32 Å². The molecule has 13 heavy (non-hydrogen) atoms. The molecule has 76 valence electrons. The molecule has 0 aromatic heterocycles. The predicted octanol–water partition coefficient (Wildman–Crippen LogP) is -0.836. The Hall–Kier alpha value is -0.650. The second-order valence-corrected chi connectivity index (χ2v) is 2.72. The molecular weight excluding hydrogens is 174 g/mol. The standard InChI is InChI=1S/C8H15NO4/c1-11-4-5-13-8(10)7-6-9-2-3-12-7/h7,9H,2-6H2,1H3. The molecule has 5 heteroatoms. The Balaban J connectivity index is 2.13. The van der Waals surface area contributed by atoms with Gasteiger partial charge in [0.05, 0.1) is 13.2 Å². The van der Waals surface area contributed by atoms with E-state index in [1.54, 1.807) is 7.11 Å². The Morgan fingerprint density at radius 3 is 3.08 bits per heavy atom. The summed E-state index contributed by atoms with van der Waals surface area (Å²) < 4.78 is 14.8. The van der Waals surface area contributed by atoms with Gasteiger partial charge in [-0.25, -0.2) is 4.79 Å². The zero-order chi connectivity index (χ0) is 9.52. The fourth-order valence-electron chi connectivity index (χ4n) is 1.04. The molecule has 1 fully saturated rings. The molecule has 1 aliphatic rings. The summed E-state index contributed by atoms with van der Waals surface area (Å²) in [5, 5.41) is 3.05. The summed E-state index contributed by atoms with van der Waals surface area (Å²) in [6.45, 7) is 2.60. The van der Waals surface area contributed by atoms with Gasteiger partial charge < -0.3 is 19.5 Å². The van der Waals surface area contributed by atoms with E-state index in [0.29, 0.717) is 19.8 Å². The van der Waals surface area contributed by atoms with Crippen molar-refractivity contribution in [2.45, 2.75) is 6.10 Å². The van der Waals surface area contributed by atoms with Gasteiger partial charge in [-0.05, 0) is 0 Å². The average molecular weight is 189 g/mol. The number of hydrogen-bond donors (Lipinski definition) is 1. The van der Waals surface area contributed by atoms with Crippen molar-refractivity contribution in [3.63, 3.8) is 0 Å². The SMILES string of the molecule is COCCOC(=O)C1CNCCO1. The third kappa shape index (κ3) is 3.71. The Kier molecular flexibility index (Phi) is 4.74. The van der Waals surface area contributed by atoms with Crippen LogP contribution in [0.1, 0.15) is 0 Å². The van der Waals surface area contributed by atoms with Crippen molar-refractivity contribution in [3.05, 3.63) is 0 Å². The second kappa shape index (κ2) is 5.90. The molecule has 1 N–H and O–H groups in total. The van der Waals surface area contributed by atoms with E-state index >= 15 is 0 Å². The van der Waals surface area contributed by atoms with Gasteiger partial charge in [0.25, 0.3) is 0 Å². The van der Waals surface area contributed by atoms with Crippen molar-refractivity contribution in [2.75, 3.05) is 40.0 Å². The highest BCUT2D eigenvalue weighted by atomic mass is 16.6. The topological polar surface area (TPSA) is 56.8 Å². The first-order chi connectivity index (χ1) is 6.34. The molecule has 0 aromatic rings. The molecule has 0 radical (unpaired) electrons. The molecular formula is C8H15NO4. The summed E-state index contributed by atoms with van der Waals surface area (Å²) in [5.41, 5.74) is 0. The number of methoxy groups -OCH3 is 1. The van der Waals surface area contributed by atoms with Crippen LogP contribution in [-0.2, 0) is 19.0 Å². The molecule has 1 saturated heterocycles. The lowest BCUT2D eigenvalue weighted by Crippen LogP contribution is -2.44. The molecule has 0 saturated carbocycles. The first-order valence-corrected chi connectivity index (χ1v) is 4.32. The number of ether oxygens (including phenoxy) is 3. The van der Waals surface area contributed by atoms with E-state index in [4.69, 9.17) is 14.2 Å². The van der Waals surface area contributed by atoms with Gasteiger partial charge in [0, 0.05) is 20.2 Å². The van der Waals surface area contributed by atoms with Crippen molar-refractivity contribution in [1.82, 2.24) is 5.32 Å². The molecule has 1 heterocycles. The summed E-state index contributed by atoms with van der Waals surface area (Å²) in [5.74, 6) is -0.316. The highest BCUT2D eigenvalue weighted by Crippen LogP contribution is 1.98. The van der Waals surface area contributed by atoms with Crippen LogP contribution in [0.5, 0.6) is 0 Å². The Morgan fingerprint density at radius 1 is 1.62 bits per heavy atom. The monoisotopic (exact) mass is 189 g/mol. The zero-order valence-corrected chi connectivity index (χ0v) is 7.75. The normalized spacial score (nSPS) is 22.7. The van der Waals surface area contributed by atoms with Crippen LogP contribution < -0.4 is 5.32 Å². The van der Waals surface area contributed by atoms with Crippen molar-refractivity contribution in [3.8, 4) is 0 Å². The van der Waals surface area contributed by atoms with E-state index in [-0.39, 0.29) is 12.6 Å². The number of carbonyl (C=O) groups excluding carboxylic acids is 1. The smallest absolute Gasteiger partial charge is 0.336 e. The number of nitrogens with one attached hydrogen (secondary N) is 1. The zero-order valence-electron chi connectivity index (χ0n) is 7.75. The lowest BCUT2D eigenvalue weighted by Gasteiger charge is -2.21. The van der Waals surface area contributed by atoms with E-state index < -0.39 is 6.10 Å². The lowest BCUT2D eigenvalue weighted by molar-refractivity contribution is -0.159. The van der Waals surface area contributed by atoms with E-state index in [0.717, 1.165) is 6.54 Å². The van der Waals surface area contributed by atoms with Crippen LogP contribution in [0.3, 0.4) is 0 Å². The maximum absolute atomic E-state index is 11.2. The molecule has 5 nitrogen and oxygen atoms in total. The van der Waals surface area contributed by atoms with Crippen molar-refractivity contribution >= 4 is 5.97 Å². The minimum absolute atomic E-state index is 0.287. The maximum atomic E-state index is 11.2. The van der Waals surface area contributed by atoms with Gasteiger partial charge in [-0.3, -0.25) is 0 Å². The van der Waals surface area contributed by atoms with Gasteiger partial charge in [-0.2, -0.15) is 0 Å². The molecule has 1 rings (SSSR count). The van der Waals surface area contributed by atoms with Crippen LogP contribution in [0, 0.1) is 0 Å². The molecule has 0 aromatic carbocycles. The number of rotatable bonds is 4. The molecule has 0 amide bonds. The summed E-state index contributed by atoms with van der Waals surface area (Å²) in [6.07, 6.45) is -0.453. The van der Waals surface area contributed by atoms with Crippen LogP contribution in [0.2, 0.25) is 0 Å². The highest BCUT2D eigenvalue weighted by molar-refractivity contribution is 5.75. The lowest BCUT2D eigenvalue weighted by atomic mass is 10.3. The Morgan fingerprint density at radius 2 is 2.46 bits per heavy atom. The average Bonchev–Trinajstić information content (AvgIpc) is 2.19. The molecule has 0 spiro atoms. The molecule has 1 atom stereocenters. The first kappa shape index (κ1) is 10.4. The summed E-state index contributed by atoms with van der Waals surface area (Å²) in [6, 6.07) is 0. The minimum Gasteiger partial charge on any atom is -0.461 e. The second-order valence-electron chi connectivity index (χ2n) is 2.72. The van der Waals surface area contributed by atoms with Gasteiger partial charge in [0.15, 0.2) is 6.10 Å². The summed E-state index contributed by atoms with van der Waals surface area (Å²) in [4.78, 5) is 11.2. The number of morpholine rings is 1. The quantitative estimate of drug-likeness (QED) is 0.462. The predicted molar refractivity (Wildman–Crippen MR) is 45.4 cm³/mol. The fraction of sp³-hybridized carbons (Fsp3) is 0.875. The van der Waals surface area contributed by atoms with Gasteiger partial charge >= 0.3 is 5.97 Å². The fourth-order valence-corrected chi connectivity index (χ4v) is 1.04. The number of carbonyl (C=O) groups is 1. The third-order valence-electron chi connectivity index (χ3n) is 1.72. The summed E-state index contributed by atoms with van der Waals surface area (Å²) in [7, 11) is 1.56. The maximum Gasteiger partial charge on any atom is 0.336 e. The van der Waals surface area contributed by atoms with Crippen molar-refractivity contribution in [2.24, 2.45) is 0 Å². The Bertz CT molecular complexity index is 156. The van der Waals surface area contributed by atoms with Gasteiger partial charge in [-0.1, -0.05) is 0 Å². The molecule has 0 bridgehead atoms. The molecule has 1 aliphatic heterocycles. The third-order valence-corrected chi connectivity index (χ3v) is 1.72. The minimum atomic E-state index is -0.453. The van der Waals surface area contributed by atoms with Crippen LogP contribution in [0.15, 0.2) is 0 Å². The highest BCUT2D eigenvalue weighted by Gasteiger charge is 2.22. The van der Waals surface area contributed by atoms with Crippen molar-refractivity contribution in [1.29, 1.82) is 0 Å². The number of esters is 1. The molecule has 0 aliphatic carbocycles. The largest absolute Gasteiger partial charge is 0.461 e. The van der Waals surface area contributed by atoms with Gasteiger partial charge in [-0.15, -0.1) is 0 Å². The number of hydrogen-bond acceptors (Lipinski definition) is 5. The van der Waals surface area contributed by atoms with E-state index in [1.165, 1.54) is 0 Å². The van der Waals surface area contributed by atoms with Crippen LogP contribution in [-0.4, -0.2) is 52.1 Å². The van der Waals surface area contributed by atoms with Gasteiger partial charge in [0.2, 0.25) is 0 Å². The van der Waals surface area contributed by atoms with Gasteiger partial charge in [0.1, 0.15) is 6.61 Å². The van der Waals surface area contributed by atoms with E-state index in [9.17, 15) is 4.79 Å². The molecule has 1 unspecified atom stereocenters. The van der Waals surface area contributed by atoms with Crippen LogP contribution in [0.4, 0.5) is 0 Å². The van der Waals surface area contributed by atoms with Crippen LogP contribution in [0.25, 0.3) is 0 Å². The summed E-state index contributed by atoms with van der Waals surface area (Å²) >= 11 is 0. The van der Waals surface area contributed by atoms with E-state index in [1.807, 2.05) is 0 Å².